The fourth-order valence-electron chi connectivity index (χ4n) is 2.47. The van der Waals surface area contributed by atoms with E-state index in [2.05, 4.69) is 0 Å². The first kappa shape index (κ1) is 12.1. The molecule has 1 aliphatic carbocycles. The van der Waals surface area contributed by atoms with Crippen LogP contribution in [-0.4, -0.2) is 17.2 Å². The fourth-order valence-corrected chi connectivity index (χ4v) is 2.47. The van der Waals surface area contributed by atoms with Crippen molar-refractivity contribution in [3.63, 3.8) is 0 Å². The van der Waals surface area contributed by atoms with Crippen LogP contribution in [-0.2, 0) is 4.79 Å². The minimum atomic E-state index is -0.314. The monoisotopic (exact) mass is 234 g/mol. The summed E-state index contributed by atoms with van der Waals surface area (Å²) >= 11 is 0. The van der Waals surface area contributed by atoms with Gasteiger partial charge in [-0.05, 0) is 30.5 Å². The van der Waals surface area contributed by atoms with E-state index in [-0.39, 0.29) is 18.0 Å². The summed E-state index contributed by atoms with van der Waals surface area (Å²) in [6, 6.07) is 7.49. The van der Waals surface area contributed by atoms with E-state index in [1.54, 1.807) is 6.07 Å². The molecule has 1 aromatic carbocycles. The van der Waals surface area contributed by atoms with Crippen LogP contribution in [0.15, 0.2) is 24.3 Å². The van der Waals surface area contributed by atoms with Crippen molar-refractivity contribution < 1.29 is 14.6 Å². The molecule has 3 nitrogen and oxygen atoms in total. The van der Waals surface area contributed by atoms with Crippen molar-refractivity contribution in [2.75, 3.05) is 0 Å². The maximum atomic E-state index is 10.9. The number of hydrogen-bond acceptors (Lipinski definition) is 3. The van der Waals surface area contributed by atoms with Gasteiger partial charge in [-0.15, -0.1) is 0 Å². The number of rotatable bonds is 2. The summed E-state index contributed by atoms with van der Waals surface area (Å²) in [6.07, 6.45) is 3.85. The van der Waals surface area contributed by atoms with Crippen molar-refractivity contribution in [1.82, 2.24) is 0 Å². The van der Waals surface area contributed by atoms with Gasteiger partial charge < -0.3 is 9.84 Å². The smallest absolute Gasteiger partial charge is 0.308 e. The average molecular weight is 234 g/mol. The number of carbonyl (C=O) groups excluding carboxylic acids is 1. The number of benzene rings is 1. The number of aliphatic hydroxyl groups is 1. The normalized spacial score (nSPS) is 24.4. The van der Waals surface area contributed by atoms with Gasteiger partial charge in [-0.25, -0.2) is 0 Å². The molecule has 1 aromatic rings. The number of carbonyl (C=O) groups is 1. The Morgan fingerprint density at radius 3 is 2.82 bits per heavy atom. The lowest BCUT2D eigenvalue weighted by molar-refractivity contribution is -0.131. The van der Waals surface area contributed by atoms with Crippen LogP contribution in [0.3, 0.4) is 0 Å². The molecule has 0 saturated heterocycles. The molecule has 1 fully saturated rings. The molecule has 0 aromatic heterocycles. The van der Waals surface area contributed by atoms with Crippen LogP contribution in [0.25, 0.3) is 0 Å². The topological polar surface area (TPSA) is 46.5 Å². The van der Waals surface area contributed by atoms with E-state index in [4.69, 9.17) is 4.74 Å². The molecule has 0 unspecified atom stereocenters. The molecule has 1 saturated carbocycles. The molecular formula is C14H18O3. The lowest BCUT2D eigenvalue weighted by atomic mass is 9.82. The van der Waals surface area contributed by atoms with Crippen LogP contribution >= 0.6 is 0 Å². The quantitative estimate of drug-likeness (QED) is 0.632. The Morgan fingerprint density at radius 1 is 1.35 bits per heavy atom. The highest BCUT2D eigenvalue weighted by Gasteiger charge is 2.24. The van der Waals surface area contributed by atoms with Gasteiger partial charge in [-0.2, -0.15) is 0 Å². The fraction of sp³-hybridized carbons (Fsp3) is 0.500. The van der Waals surface area contributed by atoms with Gasteiger partial charge in [0.2, 0.25) is 0 Å². The lowest BCUT2D eigenvalue weighted by Gasteiger charge is -2.28. The van der Waals surface area contributed by atoms with Gasteiger partial charge in [-0.3, -0.25) is 4.79 Å². The zero-order valence-corrected chi connectivity index (χ0v) is 10.1. The van der Waals surface area contributed by atoms with Gasteiger partial charge in [0.1, 0.15) is 5.75 Å². The number of aliphatic hydroxyl groups excluding tert-OH is 1. The van der Waals surface area contributed by atoms with Gasteiger partial charge in [0.05, 0.1) is 6.10 Å². The van der Waals surface area contributed by atoms with E-state index in [0.717, 1.165) is 31.2 Å². The Bertz CT molecular complexity index is 400. The Balaban J connectivity index is 2.17. The summed E-state index contributed by atoms with van der Waals surface area (Å²) in [5.41, 5.74) is 1.07. The van der Waals surface area contributed by atoms with E-state index in [0.29, 0.717) is 5.75 Å². The second kappa shape index (κ2) is 5.32. The molecule has 0 amide bonds. The molecule has 1 aliphatic rings. The third kappa shape index (κ3) is 3.07. The van der Waals surface area contributed by atoms with Crippen LogP contribution < -0.4 is 4.74 Å². The Hall–Kier alpha value is -1.35. The number of ether oxygens (including phenoxy) is 1. The maximum absolute atomic E-state index is 10.9. The number of esters is 1. The third-order valence-electron chi connectivity index (χ3n) is 3.28. The summed E-state index contributed by atoms with van der Waals surface area (Å²) in [5, 5.41) is 9.99. The molecule has 92 valence electrons. The Morgan fingerprint density at radius 2 is 2.12 bits per heavy atom. The van der Waals surface area contributed by atoms with Gasteiger partial charge in [0, 0.05) is 12.8 Å². The lowest BCUT2D eigenvalue weighted by Crippen LogP contribution is -2.22. The zero-order valence-electron chi connectivity index (χ0n) is 10.1. The van der Waals surface area contributed by atoms with Crippen molar-refractivity contribution in [1.29, 1.82) is 0 Å². The van der Waals surface area contributed by atoms with Crippen molar-refractivity contribution in [2.24, 2.45) is 0 Å². The first-order valence-electron chi connectivity index (χ1n) is 6.13. The highest BCUT2D eigenvalue weighted by molar-refractivity contribution is 5.69. The Kier molecular flexibility index (Phi) is 3.79. The van der Waals surface area contributed by atoms with Crippen molar-refractivity contribution in [2.45, 2.75) is 44.6 Å². The van der Waals surface area contributed by atoms with E-state index in [1.165, 1.54) is 6.92 Å². The average Bonchev–Trinajstić information content (AvgIpc) is 2.29. The summed E-state index contributed by atoms with van der Waals surface area (Å²) in [6.45, 7) is 1.39. The molecule has 17 heavy (non-hydrogen) atoms. The SMILES string of the molecule is CC(=O)Oc1cccc([C@H]2CCCC[C@@H]2O)c1. The molecule has 1 N–H and O–H groups in total. The van der Waals surface area contributed by atoms with Crippen LogP contribution in [0.1, 0.15) is 44.1 Å². The van der Waals surface area contributed by atoms with E-state index < -0.39 is 0 Å². The van der Waals surface area contributed by atoms with Crippen LogP contribution in [0, 0.1) is 0 Å². The van der Waals surface area contributed by atoms with E-state index >= 15 is 0 Å². The van der Waals surface area contributed by atoms with Crippen molar-refractivity contribution in [3.8, 4) is 5.75 Å². The molecule has 0 aliphatic heterocycles. The van der Waals surface area contributed by atoms with E-state index in [9.17, 15) is 9.90 Å². The predicted octanol–water partition coefficient (Wildman–Crippen LogP) is 2.63. The van der Waals surface area contributed by atoms with Crippen LogP contribution in [0.2, 0.25) is 0 Å². The van der Waals surface area contributed by atoms with Gasteiger partial charge in [-0.1, -0.05) is 25.0 Å². The van der Waals surface area contributed by atoms with Gasteiger partial charge >= 0.3 is 5.97 Å². The largest absolute Gasteiger partial charge is 0.427 e. The second-order valence-electron chi connectivity index (χ2n) is 4.62. The molecule has 0 bridgehead atoms. The molecule has 3 heteroatoms. The molecule has 0 radical (unpaired) electrons. The van der Waals surface area contributed by atoms with Crippen molar-refractivity contribution >= 4 is 5.97 Å². The van der Waals surface area contributed by atoms with Gasteiger partial charge in [0.25, 0.3) is 0 Å². The minimum Gasteiger partial charge on any atom is -0.427 e. The summed E-state index contributed by atoms with van der Waals surface area (Å²) < 4.78 is 5.06. The highest BCUT2D eigenvalue weighted by atomic mass is 16.5. The highest BCUT2D eigenvalue weighted by Crippen LogP contribution is 2.34. The molecule has 0 spiro atoms. The second-order valence-corrected chi connectivity index (χ2v) is 4.62. The number of hydrogen-bond donors (Lipinski definition) is 1. The van der Waals surface area contributed by atoms with E-state index in [1.807, 2.05) is 18.2 Å². The minimum absolute atomic E-state index is 0.180. The van der Waals surface area contributed by atoms with Crippen LogP contribution in [0.4, 0.5) is 0 Å². The first-order valence-corrected chi connectivity index (χ1v) is 6.13. The summed E-state index contributed by atoms with van der Waals surface area (Å²) in [4.78, 5) is 10.9. The molecule has 2 rings (SSSR count). The summed E-state index contributed by atoms with van der Waals surface area (Å²) in [7, 11) is 0. The molecule has 2 atom stereocenters. The third-order valence-corrected chi connectivity index (χ3v) is 3.28. The predicted molar refractivity (Wildman–Crippen MR) is 65.0 cm³/mol. The summed E-state index contributed by atoms with van der Waals surface area (Å²) in [5.74, 6) is 0.429. The standard InChI is InChI=1S/C14H18O3/c1-10(15)17-12-6-4-5-11(9-12)13-7-2-3-8-14(13)16/h4-6,9,13-14,16H,2-3,7-8H2,1H3/t13-,14+/m1/s1. The van der Waals surface area contributed by atoms with Crippen molar-refractivity contribution in [3.05, 3.63) is 29.8 Å². The van der Waals surface area contributed by atoms with Crippen LogP contribution in [0.5, 0.6) is 5.75 Å². The molecule has 0 heterocycles. The zero-order chi connectivity index (χ0) is 12.3. The van der Waals surface area contributed by atoms with Gasteiger partial charge in [0.15, 0.2) is 0 Å². The molecular weight excluding hydrogens is 216 g/mol. The maximum Gasteiger partial charge on any atom is 0.308 e. The first-order chi connectivity index (χ1) is 8.16. The Labute approximate surface area is 101 Å².